The summed E-state index contributed by atoms with van der Waals surface area (Å²) in [4.78, 5) is 25.7. The normalized spacial score (nSPS) is 18.2. The SMILES string of the molecule is CC(C)(C)OC(=O)N1CCC(SC(=S)NCCCCNC(=O)NC2CCCC2)CC1. The molecule has 1 saturated carbocycles. The average molecular weight is 459 g/mol. The number of ether oxygens (including phenoxy) is 1. The molecule has 0 aromatic heterocycles. The fourth-order valence-electron chi connectivity index (χ4n) is 3.62. The Morgan fingerprint density at radius 3 is 2.23 bits per heavy atom. The molecule has 2 rings (SSSR count). The number of nitrogens with zero attached hydrogens (tertiary/aromatic N) is 1. The van der Waals surface area contributed by atoms with E-state index in [1.54, 1.807) is 16.7 Å². The van der Waals surface area contributed by atoms with Crippen molar-refractivity contribution in [3.05, 3.63) is 0 Å². The summed E-state index contributed by atoms with van der Waals surface area (Å²) in [7, 11) is 0. The number of unbranched alkanes of at least 4 members (excludes halogenated alkanes) is 1. The summed E-state index contributed by atoms with van der Waals surface area (Å²) < 4.78 is 6.26. The van der Waals surface area contributed by atoms with Crippen molar-refractivity contribution in [2.24, 2.45) is 0 Å². The van der Waals surface area contributed by atoms with Gasteiger partial charge in [-0.05, 0) is 59.3 Å². The van der Waals surface area contributed by atoms with Crippen LogP contribution in [-0.2, 0) is 4.74 Å². The van der Waals surface area contributed by atoms with Crippen LogP contribution >= 0.6 is 24.0 Å². The van der Waals surface area contributed by atoms with E-state index < -0.39 is 5.60 Å². The topological polar surface area (TPSA) is 82.7 Å². The van der Waals surface area contributed by atoms with Gasteiger partial charge in [0.15, 0.2) is 0 Å². The number of hydrogen-bond acceptors (Lipinski definition) is 5. The second-order valence-electron chi connectivity index (χ2n) is 9.09. The maximum absolute atomic E-state index is 12.1. The standard InChI is InChI=1S/C21H38N4O3S2/c1-21(2,3)28-20(27)25-14-10-17(11-15-25)30-19(29)23-13-7-6-12-22-18(26)24-16-8-4-5-9-16/h16-17H,4-15H2,1-3H3,(H,23,29)(H2,22,24,26). The number of rotatable bonds is 7. The zero-order valence-electron chi connectivity index (χ0n) is 18.6. The molecule has 2 fully saturated rings. The lowest BCUT2D eigenvalue weighted by molar-refractivity contribution is 0.0219. The molecule has 3 amide bonds. The summed E-state index contributed by atoms with van der Waals surface area (Å²) >= 11 is 7.15. The highest BCUT2D eigenvalue weighted by atomic mass is 32.2. The third-order valence-corrected chi connectivity index (χ3v) is 6.81. The van der Waals surface area contributed by atoms with E-state index in [9.17, 15) is 9.59 Å². The molecule has 1 saturated heterocycles. The molecule has 1 aliphatic carbocycles. The zero-order valence-corrected chi connectivity index (χ0v) is 20.3. The second-order valence-corrected chi connectivity index (χ2v) is 11.1. The van der Waals surface area contributed by atoms with E-state index >= 15 is 0 Å². The van der Waals surface area contributed by atoms with Crippen LogP contribution in [0, 0.1) is 0 Å². The van der Waals surface area contributed by atoms with Gasteiger partial charge in [-0.3, -0.25) is 0 Å². The van der Waals surface area contributed by atoms with Crippen molar-refractivity contribution in [3.63, 3.8) is 0 Å². The minimum absolute atomic E-state index is 0.0429. The molecule has 0 spiro atoms. The lowest BCUT2D eigenvalue weighted by atomic mass is 10.1. The predicted octanol–water partition coefficient (Wildman–Crippen LogP) is 4.02. The first-order valence-electron chi connectivity index (χ1n) is 11.2. The van der Waals surface area contributed by atoms with Crippen molar-refractivity contribution >= 4 is 40.4 Å². The number of likely N-dealkylation sites (tertiary alicyclic amines) is 1. The quantitative estimate of drug-likeness (QED) is 0.395. The van der Waals surface area contributed by atoms with Crippen LogP contribution in [0.3, 0.4) is 0 Å². The van der Waals surface area contributed by atoms with E-state index in [2.05, 4.69) is 16.0 Å². The monoisotopic (exact) mass is 458 g/mol. The van der Waals surface area contributed by atoms with Crippen molar-refractivity contribution in [3.8, 4) is 0 Å². The summed E-state index contributed by atoms with van der Waals surface area (Å²) in [6.45, 7) is 8.59. The Hall–Kier alpha value is -1.22. The highest BCUT2D eigenvalue weighted by Crippen LogP contribution is 2.25. The molecule has 9 heteroatoms. The Labute approximate surface area is 190 Å². The summed E-state index contributed by atoms with van der Waals surface area (Å²) in [6, 6.07) is 0.315. The van der Waals surface area contributed by atoms with E-state index in [1.807, 2.05) is 20.8 Å². The van der Waals surface area contributed by atoms with Crippen LogP contribution in [0.5, 0.6) is 0 Å². The molecule has 30 heavy (non-hydrogen) atoms. The van der Waals surface area contributed by atoms with Crippen LogP contribution in [0.1, 0.15) is 72.1 Å². The van der Waals surface area contributed by atoms with Gasteiger partial charge in [0.25, 0.3) is 0 Å². The van der Waals surface area contributed by atoms with Gasteiger partial charge in [0.2, 0.25) is 0 Å². The molecule has 0 bridgehead atoms. The van der Waals surface area contributed by atoms with Crippen molar-refractivity contribution in [1.29, 1.82) is 0 Å². The van der Waals surface area contributed by atoms with Crippen LogP contribution in [0.25, 0.3) is 0 Å². The van der Waals surface area contributed by atoms with Crippen LogP contribution in [0.4, 0.5) is 9.59 Å². The van der Waals surface area contributed by atoms with Gasteiger partial charge in [-0.25, -0.2) is 9.59 Å². The number of piperidine rings is 1. The number of thiocarbonyl (C=S) groups is 1. The van der Waals surface area contributed by atoms with Gasteiger partial charge >= 0.3 is 12.1 Å². The molecule has 3 N–H and O–H groups in total. The first-order chi connectivity index (χ1) is 14.2. The van der Waals surface area contributed by atoms with E-state index in [4.69, 9.17) is 17.0 Å². The molecule has 7 nitrogen and oxygen atoms in total. The van der Waals surface area contributed by atoms with E-state index in [-0.39, 0.29) is 12.1 Å². The molecule has 0 unspecified atom stereocenters. The molecule has 0 atom stereocenters. The molecule has 1 heterocycles. The van der Waals surface area contributed by atoms with Crippen molar-refractivity contribution in [1.82, 2.24) is 20.9 Å². The van der Waals surface area contributed by atoms with E-state index in [1.165, 1.54) is 12.8 Å². The molecule has 0 radical (unpaired) electrons. The lowest BCUT2D eigenvalue weighted by Crippen LogP contribution is -2.42. The molecular weight excluding hydrogens is 420 g/mol. The summed E-state index contributed by atoms with van der Waals surface area (Å²) in [5.41, 5.74) is -0.455. The van der Waals surface area contributed by atoms with Gasteiger partial charge in [-0.15, -0.1) is 0 Å². The first kappa shape index (κ1) is 25.0. The van der Waals surface area contributed by atoms with Crippen molar-refractivity contribution in [2.75, 3.05) is 26.2 Å². The van der Waals surface area contributed by atoms with Crippen LogP contribution < -0.4 is 16.0 Å². The number of carbonyl (C=O) groups is 2. The Morgan fingerprint density at radius 2 is 1.63 bits per heavy atom. The number of carbonyl (C=O) groups excluding carboxylic acids is 2. The Balaban J connectivity index is 1.47. The third-order valence-electron chi connectivity index (χ3n) is 5.22. The molecule has 1 aliphatic heterocycles. The van der Waals surface area contributed by atoms with Crippen molar-refractivity contribution < 1.29 is 14.3 Å². The van der Waals surface area contributed by atoms with E-state index in [0.717, 1.165) is 49.4 Å². The zero-order chi connectivity index (χ0) is 22.0. The molecule has 0 aromatic carbocycles. The second kappa shape index (κ2) is 12.6. The highest BCUT2D eigenvalue weighted by molar-refractivity contribution is 8.23. The van der Waals surface area contributed by atoms with Crippen molar-refractivity contribution in [2.45, 2.75) is 89.0 Å². The van der Waals surface area contributed by atoms with Crippen LogP contribution in [0.2, 0.25) is 0 Å². The Bertz CT molecular complexity index is 569. The average Bonchev–Trinajstić information content (AvgIpc) is 3.16. The highest BCUT2D eigenvalue weighted by Gasteiger charge is 2.27. The van der Waals surface area contributed by atoms with Crippen LogP contribution in [0.15, 0.2) is 0 Å². The van der Waals surface area contributed by atoms with Gasteiger partial charge in [-0.2, -0.15) is 0 Å². The largest absolute Gasteiger partial charge is 0.444 e. The summed E-state index contributed by atoms with van der Waals surface area (Å²) in [5, 5.41) is 9.70. The smallest absolute Gasteiger partial charge is 0.410 e. The van der Waals surface area contributed by atoms with Crippen LogP contribution in [-0.4, -0.2) is 64.4 Å². The molecule has 2 aliphatic rings. The molecular formula is C21H38N4O3S2. The third kappa shape index (κ3) is 10.2. The molecule has 0 aromatic rings. The summed E-state index contributed by atoms with van der Waals surface area (Å²) in [6.07, 6.45) is 8.15. The number of hydrogen-bond donors (Lipinski definition) is 3. The fraction of sp³-hybridized carbons (Fsp3) is 0.857. The van der Waals surface area contributed by atoms with Gasteiger partial charge in [0.05, 0.1) is 0 Å². The fourth-order valence-corrected chi connectivity index (χ4v) is 5.07. The van der Waals surface area contributed by atoms with Gasteiger partial charge in [0, 0.05) is 37.5 Å². The number of nitrogens with one attached hydrogen (secondary N) is 3. The first-order valence-corrected chi connectivity index (χ1v) is 12.5. The Kier molecular flexibility index (Phi) is 10.5. The number of amides is 3. The lowest BCUT2D eigenvalue weighted by Gasteiger charge is -2.33. The molecule has 172 valence electrons. The van der Waals surface area contributed by atoms with Gasteiger partial charge < -0.3 is 25.6 Å². The van der Waals surface area contributed by atoms with Gasteiger partial charge in [-0.1, -0.05) is 36.8 Å². The maximum atomic E-state index is 12.1. The number of urea groups is 1. The predicted molar refractivity (Wildman–Crippen MR) is 127 cm³/mol. The number of thioether (sulfide) groups is 1. The minimum atomic E-state index is -0.455. The Morgan fingerprint density at radius 1 is 1.03 bits per heavy atom. The van der Waals surface area contributed by atoms with Gasteiger partial charge in [0.1, 0.15) is 9.92 Å². The minimum Gasteiger partial charge on any atom is -0.444 e. The van der Waals surface area contributed by atoms with E-state index in [0.29, 0.717) is 30.9 Å². The summed E-state index contributed by atoms with van der Waals surface area (Å²) in [5.74, 6) is 0. The maximum Gasteiger partial charge on any atom is 0.410 e.